The van der Waals surface area contributed by atoms with Crippen LogP contribution in [0.5, 0.6) is 0 Å². The summed E-state index contributed by atoms with van der Waals surface area (Å²) in [7, 11) is 0. The van der Waals surface area contributed by atoms with Gasteiger partial charge in [0.15, 0.2) is 5.78 Å². The lowest BCUT2D eigenvalue weighted by atomic mass is 9.82. The van der Waals surface area contributed by atoms with E-state index in [2.05, 4.69) is 25.2 Å². The predicted octanol–water partition coefficient (Wildman–Crippen LogP) is 3.11. The maximum Gasteiger partial charge on any atom is 0.333 e. The van der Waals surface area contributed by atoms with Crippen molar-refractivity contribution >= 4 is 11.8 Å². The van der Waals surface area contributed by atoms with Gasteiger partial charge in [-0.15, -0.1) is 0 Å². The van der Waals surface area contributed by atoms with Crippen molar-refractivity contribution in [2.24, 2.45) is 17.8 Å². The molecule has 10 heteroatoms. The third-order valence-corrected chi connectivity index (χ3v) is 8.66. The minimum atomic E-state index is -1.74. The molecule has 1 unspecified atom stereocenters. The number of fused-ring (bicyclic) bond motifs is 2. The van der Waals surface area contributed by atoms with Gasteiger partial charge >= 0.3 is 5.97 Å². The number of ether oxygens (including phenoxy) is 2. The van der Waals surface area contributed by atoms with Crippen LogP contribution in [-0.2, 0) is 28.8 Å². The summed E-state index contributed by atoms with van der Waals surface area (Å²) in [5.74, 6) is -1.80. The molecule has 0 aromatic carbocycles. The van der Waals surface area contributed by atoms with Crippen molar-refractivity contribution < 1.29 is 49.3 Å². The Hall–Kier alpha value is -1.92. The molecule has 0 spiro atoms. The summed E-state index contributed by atoms with van der Waals surface area (Å²) in [6.45, 7) is 9.11. The highest BCUT2D eigenvalue weighted by Crippen LogP contribution is 2.36. The lowest BCUT2D eigenvalue weighted by molar-refractivity contribution is -0.358. The van der Waals surface area contributed by atoms with Gasteiger partial charge in [-0.05, 0) is 81.8 Å². The minimum absolute atomic E-state index is 0.0366. The molecule has 1 fully saturated rings. The maximum absolute atomic E-state index is 12.8. The highest BCUT2D eigenvalue weighted by Gasteiger charge is 2.39. The van der Waals surface area contributed by atoms with Gasteiger partial charge in [0.05, 0.1) is 24.9 Å². The normalized spacial score (nSPS) is 42.4. The first-order valence-corrected chi connectivity index (χ1v) is 15.2. The van der Waals surface area contributed by atoms with Gasteiger partial charge in [0.2, 0.25) is 0 Å². The van der Waals surface area contributed by atoms with E-state index in [1.165, 1.54) is 0 Å². The molecule has 10 nitrogen and oxygen atoms in total. The van der Waals surface area contributed by atoms with Gasteiger partial charge in [0, 0.05) is 12.0 Å². The monoisotopic (exact) mass is 594 g/mol. The second-order valence-corrected chi connectivity index (χ2v) is 12.7. The van der Waals surface area contributed by atoms with Gasteiger partial charge in [-0.25, -0.2) is 14.6 Å². The lowest BCUT2D eigenvalue weighted by Gasteiger charge is -2.36. The Kier molecular flexibility index (Phi) is 12.9. The number of hydrogen-bond donors (Lipinski definition) is 4. The molecule has 4 N–H and O–H groups in total. The van der Waals surface area contributed by atoms with Gasteiger partial charge in [0.1, 0.15) is 30.5 Å². The number of ketones is 1. The third kappa shape index (κ3) is 10.1. The number of aliphatic hydroxyl groups is 4. The second kappa shape index (κ2) is 15.7. The van der Waals surface area contributed by atoms with E-state index >= 15 is 0 Å². The summed E-state index contributed by atoms with van der Waals surface area (Å²) in [5, 5.41) is 41.7. The standard InChI is InChI=1S/C32H50O10/c1-19-11-23-16-32(5,42-39-18-23)22(4)14-24(34)15-26(35)30(37)29(36)21(3)13-25(17-33)40-31(38)20(2)9-7-6-8-10-27-28(12-19)41-27/h8-10,16,19,21-22,24-25,27-30,33-34,36-37H,6-7,11-15,17-18H2,1-5H3/b10-8+,20-9+/t19-,21-,22+,24+,25-,27-,28+,29+,30+,32?/m1/s1. The highest BCUT2D eigenvalue weighted by molar-refractivity contribution is 5.87. The smallest absolute Gasteiger partial charge is 0.333 e. The van der Waals surface area contributed by atoms with Crippen molar-refractivity contribution in [1.82, 2.24) is 0 Å². The Morgan fingerprint density at radius 2 is 1.76 bits per heavy atom. The summed E-state index contributed by atoms with van der Waals surface area (Å²) in [4.78, 5) is 36.4. The van der Waals surface area contributed by atoms with E-state index < -0.39 is 54.3 Å². The fourth-order valence-corrected chi connectivity index (χ4v) is 5.74. The van der Waals surface area contributed by atoms with Crippen molar-refractivity contribution in [1.29, 1.82) is 0 Å². The van der Waals surface area contributed by atoms with Crippen molar-refractivity contribution in [3.63, 3.8) is 0 Å². The van der Waals surface area contributed by atoms with Crippen LogP contribution in [-0.4, -0.2) is 87.6 Å². The molecule has 0 radical (unpaired) electrons. The maximum atomic E-state index is 12.8. The molecule has 0 amide bonds. The summed E-state index contributed by atoms with van der Waals surface area (Å²) >= 11 is 0. The zero-order chi connectivity index (χ0) is 31.0. The molecule has 3 heterocycles. The number of allylic oxidation sites excluding steroid dienone is 2. The van der Waals surface area contributed by atoms with Crippen LogP contribution in [0.1, 0.15) is 79.6 Å². The van der Waals surface area contributed by atoms with Crippen molar-refractivity contribution in [3.8, 4) is 0 Å². The zero-order valence-corrected chi connectivity index (χ0v) is 25.6. The van der Waals surface area contributed by atoms with E-state index in [0.29, 0.717) is 24.5 Å². The molecule has 3 aliphatic rings. The number of epoxide rings is 1. The molecule has 0 saturated carbocycles. The Morgan fingerprint density at radius 3 is 2.48 bits per heavy atom. The molecule has 1 saturated heterocycles. The van der Waals surface area contributed by atoms with Gasteiger partial charge in [-0.3, -0.25) is 4.79 Å². The minimum Gasteiger partial charge on any atom is -0.457 e. The van der Waals surface area contributed by atoms with Crippen molar-refractivity contribution in [2.45, 2.75) is 122 Å². The quantitative estimate of drug-likeness (QED) is 0.154. The summed E-state index contributed by atoms with van der Waals surface area (Å²) in [6, 6.07) is 0. The van der Waals surface area contributed by atoms with Gasteiger partial charge in [-0.1, -0.05) is 39.0 Å². The van der Waals surface area contributed by atoms with Crippen LogP contribution < -0.4 is 0 Å². The number of rotatable bonds is 1. The summed E-state index contributed by atoms with van der Waals surface area (Å²) in [6.07, 6.45) is 6.04. The second-order valence-electron chi connectivity index (χ2n) is 12.7. The number of carbonyl (C=O) groups is 2. The van der Waals surface area contributed by atoms with E-state index in [-0.39, 0.29) is 37.4 Å². The van der Waals surface area contributed by atoms with E-state index in [1.807, 2.05) is 13.8 Å². The highest BCUT2D eigenvalue weighted by atomic mass is 17.2. The number of Topliss-reactive ketones (excluding diaryl/α,β-unsaturated/α-hetero) is 1. The van der Waals surface area contributed by atoms with Gasteiger partial charge in [0.25, 0.3) is 0 Å². The summed E-state index contributed by atoms with van der Waals surface area (Å²) < 4.78 is 11.3. The Morgan fingerprint density at radius 1 is 1.02 bits per heavy atom. The number of cyclic esters (lactones) is 1. The largest absolute Gasteiger partial charge is 0.457 e. The van der Waals surface area contributed by atoms with Crippen LogP contribution in [0.3, 0.4) is 0 Å². The molecule has 238 valence electrons. The van der Waals surface area contributed by atoms with E-state index in [0.717, 1.165) is 24.8 Å². The van der Waals surface area contributed by atoms with E-state index in [4.69, 9.17) is 19.2 Å². The average molecular weight is 595 g/mol. The number of aliphatic hydroxyl groups excluding tert-OH is 4. The van der Waals surface area contributed by atoms with E-state index in [1.54, 1.807) is 19.9 Å². The SMILES string of the molecule is C/C1=C\CC/C=C/[C@H]2O[C@H]2C[C@H](C)CC2=CC(C)(OOC2)[C@@H](C)C[C@H](O)CC(=O)[C@H](O)[C@@H](O)[C@H](C)C[C@H](CO)OC1=O. The van der Waals surface area contributed by atoms with Crippen LogP contribution in [0.15, 0.2) is 35.5 Å². The molecule has 0 aliphatic carbocycles. The van der Waals surface area contributed by atoms with Crippen LogP contribution in [0, 0.1) is 17.8 Å². The molecule has 3 aliphatic heterocycles. The van der Waals surface area contributed by atoms with Gasteiger partial charge < -0.3 is 29.9 Å². The van der Waals surface area contributed by atoms with Crippen molar-refractivity contribution in [2.75, 3.05) is 13.2 Å². The molecule has 10 atom stereocenters. The number of carbonyl (C=O) groups excluding carboxylic acids is 2. The van der Waals surface area contributed by atoms with Crippen LogP contribution in [0.4, 0.5) is 0 Å². The molecule has 2 bridgehead atoms. The van der Waals surface area contributed by atoms with Crippen LogP contribution in [0.25, 0.3) is 0 Å². The van der Waals surface area contributed by atoms with Crippen molar-refractivity contribution in [3.05, 3.63) is 35.5 Å². The fraction of sp³-hybridized carbons (Fsp3) is 0.750. The number of hydrogen-bond acceptors (Lipinski definition) is 10. The predicted molar refractivity (Wildman–Crippen MR) is 155 cm³/mol. The molecule has 0 aromatic heterocycles. The molecular formula is C32H50O10. The molecule has 0 aromatic rings. The fourth-order valence-electron chi connectivity index (χ4n) is 5.74. The molecule has 42 heavy (non-hydrogen) atoms. The third-order valence-electron chi connectivity index (χ3n) is 8.66. The Labute approximate surface area is 249 Å². The summed E-state index contributed by atoms with van der Waals surface area (Å²) in [5.41, 5.74) is 0.712. The Balaban J connectivity index is 1.73. The zero-order valence-electron chi connectivity index (χ0n) is 25.6. The number of esters is 1. The molecular weight excluding hydrogens is 544 g/mol. The van der Waals surface area contributed by atoms with E-state index in [9.17, 15) is 30.0 Å². The van der Waals surface area contributed by atoms with Crippen LogP contribution >= 0.6 is 0 Å². The lowest BCUT2D eigenvalue weighted by Crippen LogP contribution is -2.42. The van der Waals surface area contributed by atoms with Gasteiger partial charge in [-0.2, -0.15) is 0 Å². The first-order chi connectivity index (χ1) is 19.8. The Bertz CT molecular complexity index is 1010. The topological polar surface area (TPSA) is 155 Å². The molecule has 3 rings (SSSR count). The average Bonchev–Trinajstić information content (AvgIpc) is 3.67. The van der Waals surface area contributed by atoms with Crippen LogP contribution in [0.2, 0.25) is 0 Å². The first-order valence-electron chi connectivity index (χ1n) is 15.2. The first kappa shape index (κ1) is 34.6.